The minimum Gasteiger partial charge on any atom is -0.480 e. The zero-order valence-electron chi connectivity index (χ0n) is 19.3. The van der Waals surface area contributed by atoms with Crippen LogP contribution in [0.2, 0.25) is 0 Å². The molecule has 3 aromatic rings. The maximum Gasteiger partial charge on any atom is 0.349 e. The monoisotopic (exact) mass is 512 g/mol. The van der Waals surface area contributed by atoms with Gasteiger partial charge in [-0.3, -0.25) is 10.1 Å². The molecule has 1 aliphatic heterocycles. The first kappa shape index (κ1) is 24.9. The van der Waals surface area contributed by atoms with Gasteiger partial charge in [0.25, 0.3) is 5.69 Å². The van der Waals surface area contributed by atoms with Crippen LogP contribution in [0.1, 0.15) is 28.1 Å². The summed E-state index contributed by atoms with van der Waals surface area (Å²) in [5.74, 6) is -1.56. The highest BCUT2D eigenvalue weighted by Crippen LogP contribution is 2.42. The highest BCUT2D eigenvalue weighted by atomic mass is 32.1. The summed E-state index contributed by atoms with van der Waals surface area (Å²) >= 11 is 1.05. The van der Waals surface area contributed by atoms with Crippen molar-refractivity contribution in [1.82, 2.24) is 4.98 Å². The number of nitrogens with one attached hydrogen (secondary N) is 1. The van der Waals surface area contributed by atoms with Crippen molar-refractivity contribution in [3.63, 3.8) is 0 Å². The number of piperidine rings is 1. The van der Waals surface area contributed by atoms with Gasteiger partial charge < -0.3 is 25.2 Å². The van der Waals surface area contributed by atoms with Gasteiger partial charge in [0.15, 0.2) is 11.5 Å². The lowest BCUT2D eigenvalue weighted by Crippen LogP contribution is -2.39. The summed E-state index contributed by atoms with van der Waals surface area (Å²) in [5.41, 5.74) is 2.24. The molecule has 0 bridgehead atoms. The molecule has 4 rings (SSSR count). The van der Waals surface area contributed by atoms with Crippen LogP contribution in [0.15, 0.2) is 42.6 Å². The molecule has 11 nitrogen and oxygen atoms in total. The Kier molecular flexibility index (Phi) is 7.34. The largest absolute Gasteiger partial charge is 0.480 e. The lowest BCUT2D eigenvalue weighted by Gasteiger charge is -2.33. The Labute approximate surface area is 210 Å². The Bertz CT molecular complexity index is 1280. The molecule has 0 amide bonds. The highest BCUT2D eigenvalue weighted by molar-refractivity contribution is 7.18. The number of pyridine rings is 1. The Morgan fingerprint density at radius 2 is 2.00 bits per heavy atom. The number of aromatic carboxylic acids is 1. The SMILES string of the molecule is Cc1c(-c2cccc(NC3CCN(c4ccc([N+](=O)[O-])cn4)CC3)c2)sc(C(=O)O)c1OCC(=O)O. The minimum atomic E-state index is -1.18. The highest BCUT2D eigenvalue weighted by Gasteiger charge is 2.24. The van der Waals surface area contributed by atoms with E-state index >= 15 is 0 Å². The number of aromatic nitrogens is 1. The van der Waals surface area contributed by atoms with Gasteiger partial charge in [-0.15, -0.1) is 11.3 Å². The Morgan fingerprint density at radius 1 is 1.25 bits per heavy atom. The third-order valence-corrected chi connectivity index (χ3v) is 7.19. The molecule has 3 heterocycles. The van der Waals surface area contributed by atoms with E-state index in [4.69, 9.17) is 9.84 Å². The van der Waals surface area contributed by atoms with Crippen molar-refractivity contribution < 1.29 is 29.5 Å². The van der Waals surface area contributed by atoms with Gasteiger partial charge in [-0.05, 0) is 43.5 Å². The van der Waals surface area contributed by atoms with Crippen LogP contribution in [0.5, 0.6) is 5.75 Å². The molecule has 36 heavy (non-hydrogen) atoms. The number of aliphatic carboxylic acids is 1. The van der Waals surface area contributed by atoms with E-state index in [0.717, 1.165) is 48.5 Å². The fourth-order valence-electron chi connectivity index (χ4n) is 4.13. The Balaban J connectivity index is 1.44. The van der Waals surface area contributed by atoms with Crippen molar-refractivity contribution >= 4 is 40.5 Å². The van der Waals surface area contributed by atoms with E-state index in [9.17, 15) is 24.8 Å². The number of nitrogens with zero attached hydrogens (tertiary/aromatic N) is 3. The summed E-state index contributed by atoms with van der Waals surface area (Å²) < 4.78 is 5.28. The third-order valence-electron chi connectivity index (χ3n) is 5.88. The molecule has 188 valence electrons. The van der Waals surface area contributed by atoms with Crippen LogP contribution >= 0.6 is 11.3 Å². The van der Waals surface area contributed by atoms with Crippen LogP contribution in [-0.4, -0.2) is 57.8 Å². The molecule has 1 fully saturated rings. The van der Waals surface area contributed by atoms with Gasteiger partial charge in [-0.2, -0.15) is 0 Å². The molecule has 0 aliphatic carbocycles. The summed E-state index contributed by atoms with van der Waals surface area (Å²) in [6.45, 7) is 2.60. The van der Waals surface area contributed by atoms with Crippen molar-refractivity contribution in [3.05, 3.63) is 63.1 Å². The van der Waals surface area contributed by atoms with E-state index in [0.29, 0.717) is 16.3 Å². The van der Waals surface area contributed by atoms with Gasteiger partial charge in [0.2, 0.25) is 0 Å². The molecule has 0 atom stereocenters. The molecule has 0 radical (unpaired) electrons. The summed E-state index contributed by atoms with van der Waals surface area (Å²) in [7, 11) is 0. The maximum absolute atomic E-state index is 11.7. The van der Waals surface area contributed by atoms with E-state index in [1.165, 1.54) is 12.3 Å². The summed E-state index contributed by atoms with van der Waals surface area (Å²) in [6, 6.07) is 11.0. The zero-order chi connectivity index (χ0) is 25.8. The van der Waals surface area contributed by atoms with Gasteiger partial charge in [0.05, 0.1) is 4.92 Å². The molecule has 2 aromatic heterocycles. The summed E-state index contributed by atoms with van der Waals surface area (Å²) in [5, 5.41) is 32.8. The molecule has 1 aromatic carbocycles. The van der Waals surface area contributed by atoms with Gasteiger partial charge >= 0.3 is 11.9 Å². The normalized spacial score (nSPS) is 13.9. The van der Waals surface area contributed by atoms with Gasteiger partial charge in [0.1, 0.15) is 17.8 Å². The predicted octanol–water partition coefficient (Wildman–Crippen LogP) is 4.27. The number of hydrogen-bond acceptors (Lipinski definition) is 9. The average molecular weight is 513 g/mol. The van der Waals surface area contributed by atoms with Gasteiger partial charge in [-0.25, -0.2) is 14.6 Å². The van der Waals surface area contributed by atoms with Crippen LogP contribution in [-0.2, 0) is 4.79 Å². The number of benzene rings is 1. The van der Waals surface area contributed by atoms with Gasteiger partial charge in [-0.1, -0.05) is 12.1 Å². The first-order chi connectivity index (χ1) is 17.2. The fourth-order valence-corrected chi connectivity index (χ4v) is 5.22. The van der Waals surface area contributed by atoms with E-state index in [-0.39, 0.29) is 22.4 Å². The molecule has 12 heteroatoms. The fraction of sp³-hybridized carbons (Fsp3) is 0.292. The molecular weight excluding hydrogens is 488 g/mol. The van der Waals surface area contributed by atoms with E-state index in [1.807, 2.05) is 24.3 Å². The molecule has 1 saturated heterocycles. The number of ether oxygens (including phenoxy) is 1. The number of thiophene rings is 1. The van der Waals surface area contributed by atoms with Crippen molar-refractivity contribution in [2.24, 2.45) is 0 Å². The molecule has 0 unspecified atom stereocenters. The van der Waals surface area contributed by atoms with Crippen molar-refractivity contribution in [2.45, 2.75) is 25.8 Å². The van der Waals surface area contributed by atoms with E-state index in [1.54, 1.807) is 13.0 Å². The summed E-state index contributed by atoms with van der Waals surface area (Å²) in [4.78, 5) is 39.9. The van der Waals surface area contributed by atoms with Gasteiger partial charge in [0, 0.05) is 41.3 Å². The van der Waals surface area contributed by atoms with E-state index in [2.05, 4.69) is 15.2 Å². The number of anilines is 2. The third kappa shape index (κ3) is 5.54. The number of hydrogen-bond donors (Lipinski definition) is 3. The quantitative estimate of drug-likeness (QED) is 0.279. The second kappa shape index (κ2) is 10.6. The number of carbonyl (C=O) groups is 2. The second-order valence-corrected chi connectivity index (χ2v) is 9.34. The first-order valence-electron chi connectivity index (χ1n) is 11.2. The van der Waals surface area contributed by atoms with Crippen molar-refractivity contribution in [3.8, 4) is 16.2 Å². The Morgan fingerprint density at radius 3 is 2.61 bits per heavy atom. The number of nitro groups is 1. The average Bonchev–Trinajstić information content (AvgIpc) is 3.20. The molecule has 3 N–H and O–H groups in total. The zero-order valence-corrected chi connectivity index (χ0v) is 20.2. The minimum absolute atomic E-state index is 0.0330. The second-order valence-electron chi connectivity index (χ2n) is 8.32. The topological polar surface area (TPSA) is 155 Å². The lowest BCUT2D eigenvalue weighted by molar-refractivity contribution is -0.385. The number of rotatable bonds is 9. The smallest absolute Gasteiger partial charge is 0.349 e. The van der Waals surface area contributed by atoms with E-state index < -0.39 is 23.5 Å². The van der Waals surface area contributed by atoms with Crippen LogP contribution in [0.4, 0.5) is 17.2 Å². The number of carboxylic acids is 2. The van der Waals surface area contributed by atoms with Crippen LogP contribution in [0.3, 0.4) is 0 Å². The predicted molar refractivity (Wildman–Crippen MR) is 134 cm³/mol. The molecule has 1 aliphatic rings. The molecular formula is C24H24N4O7S. The first-order valence-corrected chi connectivity index (χ1v) is 12.0. The number of carboxylic acid groups (broad SMARTS) is 2. The van der Waals surface area contributed by atoms with Crippen molar-refractivity contribution in [2.75, 3.05) is 29.9 Å². The summed E-state index contributed by atoms with van der Waals surface area (Å²) in [6.07, 6.45) is 2.96. The van der Waals surface area contributed by atoms with Crippen molar-refractivity contribution in [1.29, 1.82) is 0 Å². The Hall–Kier alpha value is -4.19. The van der Waals surface area contributed by atoms with Crippen LogP contribution < -0.4 is 15.0 Å². The molecule has 0 saturated carbocycles. The molecule has 0 spiro atoms. The van der Waals surface area contributed by atoms with Crippen LogP contribution in [0, 0.1) is 17.0 Å². The van der Waals surface area contributed by atoms with Crippen LogP contribution in [0.25, 0.3) is 10.4 Å². The lowest BCUT2D eigenvalue weighted by atomic mass is 10.0. The standard InChI is InChI=1S/C24H24N4O7S/c1-14-21(35-13-20(29)30)23(24(31)32)36-22(14)15-3-2-4-17(11-15)26-16-7-9-27(10-8-16)19-6-5-18(12-25-19)28(33)34/h2-6,11-12,16,26H,7-10,13H2,1H3,(H,29,30)(H,31,32). The maximum atomic E-state index is 11.7.